The van der Waals surface area contributed by atoms with Gasteiger partial charge in [-0.15, -0.1) is 4.40 Å². The second-order valence-electron chi connectivity index (χ2n) is 7.82. The van der Waals surface area contributed by atoms with E-state index in [0.717, 1.165) is 0 Å². The van der Waals surface area contributed by atoms with Crippen molar-refractivity contribution in [2.45, 2.75) is 11.8 Å². The fourth-order valence-corrected chi connectivity index (χ4v) is 4.39. The minimum atomic E-state index is -4.03. The van der Waals surface area contributed by atoms with E-state index in [-0.39, 0.29) is 17.5 Å². The van der Waals surface area contributed by atoms with Gasteiger partial charge < -0.3 is 35.6 Å². The highest BCUT2D eigenvalue weighted by atomic mass is 32.2. The van der Waals surface area contributed by atoms with E-state index in [0.29, 0.717) is 54.3 Å². The number of aryl methyl sites for hydroxylation is 1. The molecule has 14 heteroatoms. The lowest BCUT2D eigenvalue weighted by atomic mass is 10.1. The van der Waals surface area contributed by atoms with E-state index < -0.39 is 27.4 Å². The number of sulfonamides is 1. The van der Waals surface area contributed by atoms with E-state index >= 15 is 0 Å². The Labute approximate surface area is 205 Å². The predicted molar refractivity (Wildman–Crippen MR) is 132 cm³/mol. The number of anilines is 2. The number of carbonyl (C=O) groups is 1. The van der Waals surface area contributed by atoms with Gasteiger partial charge in [0, 0.05) is 24.3 Å². The third-order valence-corrected chi connectivity index (χ3v) is 6.60. The molecule has 1 saturated heterocycles. The molecular weight excluding hydrogens is 492 g/mol. The molecule has 0 radical (unpaired) electrons. The van der Waals surface area contributed by atoms with Crippen LogP contribution in [-0.4, -0.2) is 58.2 Å². The van der Waals surface area contributed by atoms with Crippen LogP contribution in [0.3, 0.4) is 0 Å². The molecule has 0 aliphatic carbocycles. The van der Waals surface area contributed by atoms with E-state index in [1.54, 1.807) is 13.0 Å². The van der Waals surface area contributed by atoms with Crippen LogP contribution in [0.2, 0.25) is 0 Å². The van der Waals surface area contributed by atoms with Gasteiger partial charge in [-0.2, -0.15) is 13.4 Å². The first-order valence-corrected chi connectivity index (χ1v) is 12.2. The maximum Gasteiger partial charge on any atom is 0.301 e. The van der Waals surface area contributed by atoms with Gasteiger partial charge >= 0.3 is 6.01 Å². The number of aromatic nitrogens is 1. The van der Waals surface area contributed by atoms with Crippen molar-refractivity contribution >= 4 is 44.6 Å². The number of carbonyl (C=O) groups excluding carboxylic acids is 1. The van der Waals surface area contributed by atoms with Crippen molar-refractivity contribution in [3.63, 3.8) is 0 Å². The summed E-state index contributed by atoms with van der Waals surface area (Å²) in [6.45, 7) is 3.50. The molecule has 1 aromatic heterocycles. The van der Waals surface area contributed by atoms with Crippen LogP contribution in [0.25, 0.3) is 11.0 Å². The highest BCUT2D eigenvalue weighted by molar-refractivity contribution is 7.90. The second kappa shape index (κ2) is 10.2. The first kappa shape index (κ1) is 24.9. The molecule has 2 heterocycles. The van der Waals surface area contributed by atoms with Crippen LogP contribution in [0.5, 0.6) is 5.75 Å². The van der Waals surface area contributed by atoms with Crippen LogP contribution in [0, 0.1) is 6.92 Å². The Kier molecular flexibility index (Phi) is 7.07. The number of morpholine rings is 1. The lowest BCUT2D eigenvalue weighted by Gasteiger charge is -2.26. The maximum absolute atomic E-state index is 12.5. The predicted octanol–water partition coefficient (Wildman–Crippen LogP) is 0.313. The fraction of sp³-hybridized carbons (Fsp3) is 0.273. The number of hydrogen-bond donors (Lipinski definition) is 3. The zero-order valence-electron chi connectivity index (χ0n) is 19.3. The van der Waals surface area contributed by atoms with Gasteiger partial charge in [0.05, 0.1) is 23.5 Å². The van der Waals surface area contributed by atoms with Crippen LogP contribution >= 0.6 is 0 Å². The molecule has 0 saturated carbocycles. The summed E-state index contributed by atoms with van der Waals surface area (Å²) in [5.74, 6) is -0.709. The Morgan fingerprint density at radius 2 is 1.86 bits per heavy atom. The minimum absolute atomic E-state index is 0.135. The molecule has 0 unspecified atom stereocenters. The molecule has 1 aliphatic heterocycles. The number of rotatable bonds is 7. The SMILES string of the molecule is Cc1c(OCC(=O)Nc2ccc(S(=O)(=O)N=C(N)N)cc2)ccc2c(=O)nc(N3CCOCC3)oc12. The largest absolute Gasteiger partial charge is 0.483 e. The van der Waals surface area contributed by atoms with Gasteiger partial charge in [-0.1, -0.05) is 0 Å². The molecule has 1 amide bonds. The van der Waals surface area contributed by atoms with Gasteiger partial charge in [-0.25, -0.2) is 0 Å². The van der Waals surface area contributed by atoms with Crippen LogP contribution in [-0.2, 0) is 19.6 Å². The summed E-state index contributed by atoms with van der Waals surface area (Å²) >= 11 is 0. The van der Waals surface area contributed by atoms with Gasteiger partial charge in [0.25, 0.3) is 21.5 Å². The number of fused-ring (bicyclic) bond motifs is 1. The third-order valence-electron chi connectivity index (χ3n) is 5.28. The normalized spacial score (nSPS) is 13.9. The number of nitrogens with two attached hydrogens (primary N) is 2. The molecule has 1 fully saturated rings. The van der Waals surface area contributed by atoms with Gasteiger partial charge in [-0.05, 0) is 43.3 Å². The van der Waals surface area contributed by atoms with E-state index in [2.05, 4.69) is 14.7 Å². The summed E-state index contributed by atoms with van der Waals surface area (Å²) in [5.41, 5.74) is 11.1. The molecule has 5 N–H and O–H groups in total. The number of hydrogen-bond acceptors (Lipinski definition) is 9. The summed E-state index contributed by atoms with van der Waals surface area (Å²) < 4.78 is 44.1. The first-order chi connectivity index (χ1) is 17.1. The molecule has 13 nitrogen and oxygen atoms in total. The van der Waals surface area contributed by atoms with Crippen LogP contribution in [0.1, 0.15) is 5.56 Å². The van der Waals surface area contributed by atoms with Gasteiger partial charge in [-0.3, -0.25) is 9.59 Å². The number of guanidine groups is 1. The third kappa shape index (κ3) is 5.55. The maximum atomic E-state index is 12.5. The topological polar surface area (TPSA) is 192 Å². The Bertz CT molecular complexity index is 1480. The monoisotopic (exact) mass is 516 g/mol. The van der Waals surface area contributed by atoms with Crippen molar-refractivity contribution in [2.75, 3.05) is 43.1 Å². The second-order valence-corrected chi connectivity index (χ2v) is 9.42. The van der Waals surface area contributed by atoms with Gasteiger partial charge in [0.1, 0.15) is 5.75 Å². The highest BCUT2D eigenvalue weighted by Crippen LogP contribution is 2.28. The first-order valence-electron chi connectivity index (χ1n) is 10.8. The zero-order valence-corrected chi connectivity index (χ0v) is 20.1. The Balaban J connectivity index is 1.45. The molecule has 3 aromatic rings. The molecule has 4 rings (SSSR count). The molecule has 0 atom stereocenters. The standard InChI is InChI=1S/C22H24N6O7S/c1-13-17(7-6-16-19(13)35-22(26-20(16)30)28-8-10-33-11-9-28)34-12-18(29)25-14-2-4-15(5-3-14)36(31,32)27-21(23)24/h2-7H,8-12H2,1H3,(H,25,29)(H4,23,24,27). The molecule has 190 valence electrons. The summed E-state index contributed by atoms with van der Waals surface area (Å²) in [4.78, 5) is 30.6. The van der Waals surface area contributed by atoms with Crippen molar-refractivity contribution in [1.29, 1.82) is 0 Å². The number of benzene rings is 2. The van der Waals surface area contributed by atoms with Gasteiger partial charge in [0.15, 0.2) is 12.2 Å². The lowest BCUT2D eigenvalue weighted by molar-refractivity contribution is -0.118. The molecule has 1 aliphatic rings. The van der Waals surface area contributed by atoms with Crippen molar-refractivity contribution < 1.29 is 27.1 Å². The van der Waals surface area contributed by atoms with Crippen LogP contribution in [0.15, 0.2) is 54.9 Å². The quantitative estimate of drug-likeness (QED) is 0.289. The van der Waals surface area contributed by atoms with E-state index in [4.69, 9.17) is 25.4 Å². The highest BCUT2D eigenvalue weighted by Gasteiger charge is 2.19. The zero-order chi connectivity index (χ0) is 25.9. The Morgan fingerprint density at radius 1 is 1.17 bits per heavy atom. The summed E-state index contributed by atoms with van der Waals surface area (Å²) in [5, 5.41) is 2.91. The lowest BCUT2D eigenvalue weighted by Crippen LogP contribution is -2.37. The van der Waals surface area contributed by atoms with E-state index in [1.165, 1.54) is 30.3 Å². The van der Waals surface area contributed by atoms with Gasteiger partial charge in [0.2, 0.25) is 5.96 Å². The van der Waals surface area contributed by atoms with E-state index in [9.17, 15) is 18.0 Å². The molecular formula is C22H24N6O7S. The average Bonchev–Trinajstić information content (AvgIpc) is 2.84. The van der Waals surface area contributed by atoms with Crippen LogP contribution < -0.4 is 32.0 Å². The number of ether oxygens (including phenoxy) is 2. The summed E-state index contributed by atoms with van der Waals surface area (Å²) in [6.07, 6.45) is 0. The van der Waals surface area contributed by atoms with Crippen molar-refractivity contribution in [3.05, 3.63) is 52.3 Å². The summed E-state index contributed by atoms with van der Waals surface area (Å²) in [7, 11) is -4.03. The van der Waals surface area contributed by atoms with Crippen molar-refractivity contribution in [1.82, 2.24) is 4.98 Å². The average molecular weight is 517 g/mol. The fourth-order valence-electron chi connectivity index (χ4n) is 3.52. The molecule has 0 bridgehead atoms. The Hall–Kier alpha value is -4.17. The van der Waals surface area contributed by atoms with Crippen molar-refractivity contribution in [2.24, 2.45) is 15.9 Å². The molecule has 2 aromatic carbocycles. The van der Waals surface area contributed by atoms with E-state index in [1.807, 2.05) is 4.90 Å². The molecule has 36 heavy (non-hydrogen) atoms. The number of amides is 1. The number of nitrogens with one attached hydrogen (secondary N) is 1. The molecule has 0 spiro atoms. The Morgan fingerprint density at radius 3 is 2.53 bits per heavy atom. The summed E-state index contributed by atoms with van der Waals surface area (Å²) in [6, 6.07) is 8.61. The minimum Gasteiger partial charge on any atom is -0.483 e. The smallest absolute Gasteiger partial charge is 0.301 e. The number of nitrogens with zero attached hydrogens (tertiary/aromatic N) is 3. The van der Waals surface area contributed by atoms with Crippen LogP contribution in [0.4, 0.5) is 11.7 Å². The van der Waals surface area contributed by atoms with Crippen molar-refractivity contribution in [3.8, 4) is 5.75 Å².